The van der Waals surface area contributed by atoms with Gasteiger partial charge in [0, 0.05) is 7.11 Å². The first-order valence-electron chi connectivity index (χ1n) is 4.37. The van der Waals surface area contributed by atoms with Crippen LogP contribution in [0.2, 0.25) is 0 Å². The van der Waals surface area contributed by atoms with Crippen LogP contribution < -0.4 is 0 Å². The van der Waals surface area contributed by atoms with Crippen molar-refractivity contribution >= 4 is 0 Å². The summed E-state index contributed by atoms with van der Waals surface area (Å²) in [6.07, 6.45) is -3.67. The van der Waals surface area contributed by atoms with Crippen LogP contribution in [0.3, 0.4) is 0 Å². The van der Waals surface area contributed by atoms with Gasteiger partial charge in [-0.15, -0.1) is 5.10 Å². The number of methoxy groups -OCH3 is 1. The molecule has 0 bridgehead atoms. The lowest BCUT2D eigenvalue weighted by atomic mass is 10.2. The normalized spacial score (nSPS) is 16.4. The first-order valence-corrected chi connectivity index (χ1v) is 4.37. The van der Waals surface area contributed by atoms with Gasteiger partial charge in [0.15, 0.2) is 0 Å². The highest BCUT2D eigenvalue weighted by Gasteiger charge is 2.36. The van der Waals surface area contributed by atoms with Crippen LogP contribution in [0.5, 0.6) is 0 Å². The van der Waals surface area contributed by atoms with E-state index in [2.05, 4.69) is 10.1 Å². The molecule has 1 unspecified atom stereocenters. The van der Waals surface area contributed by atoms with Gasteiger partial charge in [0.05, 0.1) is 12.1 Å². The molecule has 1 rings (SSSR count). The first-order chi connectivity index (χ1) is 6.86. The second-order valence-corrected chi connectivity index (χ2v) is 3.23. The Morgan fingerprint density at radius 2 is 2.00 bits per heavy atom. The molecule has 0 radical (unpaired) electrons. The highest BCUT2D eigenvalue weighted by atomic mass is 19.4. The van der Waals surface area contributed by atoms with Gasteiger partial charge in [-0.25, -0.2) is 9.67 Å². The van der Waals surface area contributed by atoms with Crippen molar-refractivity contribution in [2.45, 2.75) is 32.2 Å². The monoisotopic (exact) mass is 223 g/mol. The number of rotatable bonds is 3. The summed E-state index contributed by atoms with van der Waals surface area (Å²) in [6, 6.07) is -0.293. The third-order valence-corrected chi connectivity index (χ3v) is 2.23. The van der Waals surface area contributed by atoms with E-state index in [0.717, 1.165) is 11.0 Å². The van der Waals surface area contributed by atoms with E-state index in [1.165, 1.54) is 7.11 Å². The zero-order valence-corrected chi connectivity index (χ0v) is 8.62. The molecular formula is C8H12F3N3O. The van der Waals surface area contributed by atoms with E-state index < -0.39 is 12.0 Å². The van der Waals surface area contributed by atoms with Gasteiger partial charge >= 0.3 is 6.18 Å². The van der Waals surface area contributed by atoms with Crippen LogP contribution in [0.25, 0.3) is 0 Å². The molecule has 1 aromatic heterocycles. The molecular weight excluding hydrogens is 211 g/mol. The van der Waals surface area contributed by atoms with Crippen LogP contribution in [0.1, 0.15) is 25.7 Å². The Balaban J connectivity index is 2.85. The van der Waals surface area contributed by atoms with Crippen LogP contribution in [-0.4, -0.2) is 28.0 Å². The minimum Gasteiger partial charge on any atom is -0.380 e. The molecule has 2 atom stereocenters. The van der Waals surface area contributed by atoms with Crippen molar-refractivity contribution in [2.75, 3.05) is 7.11 Å². The molecule has 0 aliphatic rings. The molecule has 86 valence electrons. The lowest BCUT2D eigenvalue weighted by Gasteiger charge is -2.17. The predicted molar refractivity (Wildman–Crippen MR) is 46.2 cm³/mol. The molecule has 0 N–H and O–H groups in total. The second kappa shape index (κ2) is 4.18. The van der Waals surface area contributed by atoms with Crippen molar-refractivity contribution in [3.05, 3.63) is 12.2 Å². The van der Waals surface area contributed by atoms with Gasteiger partial charge in [-0.2, -0.15) is 13.2 Å². The van der Waals surface area contributed by atoms with Gasteiger partial charge in [-0.1, -0.05) is 0 Å². The summed E-state index contributed by atoms with van der Waals surface area (Å²) < 4.78 is 42.7. The number of hydrogen-bond acceptors (Lipinski definition) is 3. The Morgan fingerprint density at radius 3 is 2.40 bits per heavy atom. The Labute approximate surface area is 85.1 Å². The lowest BCUT2D eigenvalue weighted by molar-refractivity contribution is -0.145. The van der Waals surface area contributed by atoms with E-state index in [1.807, 2.05) is 0 Å². The summed E-state index contributed by atoms with van der Waals surface area (Å²) in [5, 5.41) is 3.35. The molecule has 1 heterocycles. The average Bonchev–Trinajstić information content (AvgIpc) is 2.63. The van der Waals surface area contributed by atoms with Gasteiger partial charge in [0.2, 0.25) is 0 Å². The van der Waals surface area contributed by atoms with E-state index >= 15 is 0 Å². The Morgan fingerprint density at radius 1 is 1.40 bits per heavy atom. The van der Waals surface area contributed by atoms with E-state index in [4.69, 9.17) is 4.74 Å². The van der Waals surface area contributed by atoms with Crippen LogP contribution in [0.15, 0.2) is 6.33 Å². The molecule has 7 heteroatoms. The van der Waals surface area contributed by atoms with Crippen molar-refractivity contribution in [1.29, 1.82) is 0 Å². The fourth-order valence-electron chi connectivity index (χ4n) is 1.01. The molecule has 0 saturated heterocycles. The number of aromatic nitrogens is 3. The van der Waals surface area contributed by atoms with Gasteiger partial charge in [0.1, 0.15) is 6.33 Å². The predicted octanol–water partition coefficient (Wildman–Crippen LogP) is 1.89. The maximum Gasteiger partial charge on any atom is 0.453 e. The summed E-state index contributed by atoms with van der Waals surface area (Å²) in [7, 11) is 1.49. The van der Waals surface area contributed by atoms with E-state index in [1.54, 1.807) is 13.8 Å². The maximum atomic E-state index is 12.2. The fraction of sp³-hybridized carbons (Fsp3) is 0.750. The third-order valence-electron chi connectivity index (χ3n) is 2.23. The van der Waals surface area contributed by atoms with Crippen LogP contribution in [0.4, 0.5) is 13.2 Å². The maximum absolute atomic E-state index is 12.2. The minimum atomic E-state index is -4.50. The molecule has 15 heavy (non-hydrogen) atoms. The summed E-state index contributed by atoms with van der Waals surface area (Å²) in [5.74, 6) is -1.13. The van der Waals surface area contributed by atoms with Crippen molar-refractivity contribution in [3.8, 4) is 0 Å². The minimum absolute atomic E-state index is 0.229. The molecule has 0 aromatic carbocycles. The van der Waals surface area contributed by atoms with Crippen molar-refractivity contribution < 1.29 is 17.9 Å². The summed E-state index contributed by atoms with van der Waals surface area (Å²) >= 11 is 0. The summed E-state index contributed by atoms with van der Waals surface area (Å²) in [4.78, 5) is 3.20. The molecule has 0 aliphatic heterocycles. The van der Waals surface area contributed by atoms with E-state index in [9.17, 15) is 13.2 Å². The van der Waals surface area contributed by atoms with Crippen LogP contribution in [-0.2, 0) is 10.9 Å². The van der Waals surface area contributed by atoms with Crippen molar-refractivity contribution in [1.82, 2.24) is 14.8 Å². The van der Waals surface area contributed by atoms with Crippen LogP contribution >= 0.6 is 0 Å². The van der Waals surface area contributed by atoms with E-state index in [0.29, 0.717) is 0 Å². The number of hydrogen-bond donors (Lipinski definition) is 0. The highest BCUT2D eigenvalue weighted by Crippen LogP contribution is 2.26. The quantitative estimate of drug-likeness (QED) is 0.785. The second-order valence-electron chi connectivity index (χ2n) is 3.23. The molecule has 0 spiro atoms. The number of nitrogens with zero attached hydrogens (tertiary/aromatic N) is 3. The molecule has 0 saturated carbocycles. The number of halogens is 3. The molecule has 1 aromatic rings. The largest absolute Gasteiger partial charge is 0.453 e. The van der Waals surface area contributed by atoms with Crippen molar-refractivity contribution in [2.24, 2.45) is 0 Å². The topological polar surface area (TPSA) is 39.9 Å². The summed E-state index contributed by atoms with van der Waals surface area (Å²) in [5.41, 5.74) is 0. The molecule has 0 amide bonds. The first kappa shape index (κ1) is 12.0. The van der Waals surface area contributed by atoms with Gasteiger partial charge in [0.25, 0.3) is 5.82 Å². The fourth-order valence-corrected chi connectivity index (χ4v) is 1.01. The molecule has 0 fully saturated rings. The smallest absolute Gasteiger partial charge is 0.380 e. The van der Waals surface area contributed by atoms with Gasteiger partial charge < -0.3 is 4.74 Å². The Kier molecular flexibility index (Phi) is 3.33. The third kappa shape index (κ3) is 2.68. The standard InChI is InChI=1S/C8H12F3N3O/c1-5(6(2)15-3)14-4-12-7(13-14)8(9,10)11/h4-6H,1-3H3/t5-,6?/m0/s1. The molecule has 4 nitrogen and oxygen atoms in total. The zero-order chi connectivity index (χ0) is 11.6. The SMILES string of the molecule is COC(C)[C@H](C)n1cnc(C(F)(F)F)n1. The lowest BCUT2D eigenvalue weighted by Crippen LogP contribution is -2.21. The summed E-state index contributed by atoms with van der Waals surface area (Å²) in [6.45, 7) is 3.46. The average molecular weight is 223 g/mol. The molecule has 0 aliphatic carbocycles. The Hall–Kier alpha value is -1.11. The number of alkyl halides is 3. The van der Waals surface area contributed by atoms with Gasteiger partial charge in [-0.3, -0.25) is 0 Å². The Bertz CT molecular complexity index is 323. The van der Waals surface area contributed by atoms with Crippen LogP contribution in [0, 0.1) is 0 Å². The van der Waals surface area contributed by atoms with Gasteiger partial charge in [-0.05, 0) is 13.8 Å². The number of ether oxygens (including phenoxy) is 1. The zero-order valence-electron chi connectivity index (χ0n) is 8.62. The highest BCUT2D eigenvalue weighted by molar-refractivity contribution is 4.88. The van der Waals surface area contributed by atoms with Crippen molar-refractivity contribution in [3.63, 3.8) is 0 Å². The van der Waals surface area contributed by atoms with E-state index in [-0.39, 0.29) is 12.1 Å².